The van der Waals surface area contributed by atoms with Gasteiger partial charge in [0.15, 0.2) is 28.2 Å². The molecule has 5 rings (SSSR count). The van der Waals surface area contributed by atoms with E-state index in [2.05, 4.69) is 9.97 Å². The van der Waals surface area contributed by atoms with Crippen LogP contribution < -0.4 is 28.4 Å². The molecule has 3 heterocycles. The van der Waals surface area contributed by atoms with Gasteiger partial charge >= 0.3 is 5.97 Å². The monoisotopic (exact) mass is 442 g/mol. The molecule has 158 valence electrons. The SMILES string of the molecule is CSc1nc(Oc2ccc3c(c2)OCO3)cc(Oc2ccc3c(c2C(=O)O)OCO3)n1. The van der Waals surface area contributed by atoms with Gasteiger partial charge in [0.25, 0.3) is 0 Å². The molecule has 0 saturated carbocycles. The van der Waals surface area contributed by atoms with E-state index in [0.717, 1.165) is 0 Å². The predicted molar refractivity (Wildman–Crippen MR) is 106 cm³/mol. The van der Waals surface area contributed by atoms with Crippen molar-refractivity contribution in [3.8, 4) is 46.3 Å². The molecule has 0 amide bonds. The Morgan fingerprint density at radius 2 is 1.65 bits per heavy atom. The molecule has 1 N–H and O–H groups in total. The molecule has 1 aromatic heterocycles. The van der Waals surface area contributed by atoms with Gasteiger partial charge in [0.05, 0.1) is 6.07 Å². The molecule has 11 heteroatoms. The molecular formula is C20H14N2O8S. The van der Waals surface area contributed by atoms with Crippen LogP contribution >= 0.6 is 11.8 Å². The Hall–Kier alpha value is -3.86. The summed E-state index contributed by atoms with van der Waals surface area (Å²) in [6.45, 7) is 0.0963. The van der Waals surface area contributed by atoms with Crippen molar-refractivity contribution in [2.75, 3.05) is 19.8 Å². The molecule has 2 aliphatic heterocycles. The summed E-state index contributed by atoms with van der Waals surface area (Å²) in [4.78, 5) is 20.4. The third-order valence-electron chi connectivity index (χ3n) is 4.34. The number of rotatable bonds is 6. The van der Waals surface area contributed by atoms with E-state index in [-0.39, 0.29) is 42.4 Å². The first-order valence-corrected chi connectivity index (χ1v) is 10.2. The van der Waals surface area contributed by atoms with Gasteiger partial charge in [-0.05, 0) is 30.5 Å². The largest absolute Gasteiger partial charge is 0.477 e. The summed E-state index contributed by atoms with van der Waals surface area (Å²) in [5, 5.41) is 10.0. The fourth-order valence-corrected chi connectivity index (χ4v) is 3.36. The Balaban J connectivity index is 1.46. The highest BCUT2D eigenvalue weighted by molar-refractivity contribution is 7.98. The average molecular weight is 442 g/mol. The summed E-state index contributed by atoms with van der Waals surface area (Å²) in [6, 6.07) is 9.65. The minimum Gasteiger partial charge on any atom is -0.477 e. The number of aromatic nitrogens is 2. The summed E-state index contributed by atoms with van der Waals surface area (Å²) < 4.78 is 32.8. The maximum Gasteiger partial charge on any atom is 0.343 e. The highest BCUT2D eigenvalue weighted by Gasteiger charge is 2.27. The Morgan fingerprint density at radius 1 is 0.935 bits per heavy atom. The van der Waals surface area contributed by atoms with Gasteiger partial charge in [0, 0.05) is 6.07 Å². The second kappa shape index (κ2) is 7.76. The van der Waals surface area contributed by atoms with Crippen molar-refractivity contribution >= 4 is 17.7 Å². The number of carboxylic acids is 1. The molecule has 0 radical (unpaired) electrons. The Labute approximate surface area is 179 Å². The van der Waals surface area contributed by atoms with Gasteiger partial charge in [-0.25, -0.2) is 4.79 Å². The van der Waals surface area contributed by atoms with Gasteiger partial charge in [-0.2, -0.15) is 9.97 Å². The molecule has 0 fully saturated rings. The van der Waals surface area contributed by atoms with Gasteiger partial charge in [-0.15, -0.1) is 0 Å². The number of benzene rings is 2. The van der Waals surface area contributed by atoms with E-state index in [9.17, 15) is 9.90 Å². The molecule has 0 bridgehead atoms. The molecule has 3 aromatic rings. The molecule has 2 aromatic carbocycles. The first kappa shape index (κ1) is 19.1. The fourth-order valence-electron chi connectivity index (χ4n) is 3.00. The van der Waals surface area contributed by atoms with Crippen LogP contribution in [0.2, 0.25) is 0 Å². The van der Waals surface area contributed by atoms with E-state index in [1.807, 2.05) is 0 Å². The average Bonchev–Trinajstić information content (AvgIpc) is 3.41. The standard InChI is InChI=1S/C20H14N2O8S/c1-31-20-21-15(29-10-2-3-11-14(6-10)27-8-25-11)7-16(22-20)30-12-4-5-13-18(28-9-26-13)17(12)19(23)24/h2-7H,8-9H2,1H3,(H,23,24). The minimum atomic E-state index is -1.21. The van der Waals surface area contributed by atoms with Crippen molar-refractivity contribution in [2.24, 2.45) is 0 Å². The molecule has 0 spiro atoms. The zero-order chi connectivity index (χ0) is 21.4. The number of carbonyl (C=O) groups is 1. The summed E-state index contributed by atoms with van der Waals surface area (Å²) in [5.74, 6) is 1.29. The van der Waals surface area contributed by atoms with E-state index in [0.29, 0.717) is 28.2 Å². The fraction of sp³-hybridized carbons (Fsp3) is 0.150. The maximum absolute atomic E-state index is 11.8. The van der Waals surface area contributed by atoms with Crippen molar-refractivity contribution in [3.63, 3.8) is 0 Å². The molecule has 0 unspecified atom stereocenters. The van der Waals surface area contributed by atoms with Gasteiger partial charge in [-0.3, -0.25) is 0 Å². The quantitative estimate of drug-likeness (QED) is 0.442. The van der Waals surface area contributed by atoms with Gasteiger partial charge in [-0.1, -0.05) is 11.8 Å². The van der Waals surface area contributed by atoms with Crippen LogP contribution in [0.5, 0.6) is 46.3 Å². The number of aromatic carboxylic acids is 1. The van der Waals surface area contributed by atoms with Gasteiger partial charge in [0.2, 0.25) is 25.3 Å². The highest BCUT2D eigenvalue weighted by Crippen LogP contribution is 2.42. The van der Waals surface area contributed by atoms with Gasteiger partial charge < -0.3 is 33.5 Å². The van der Waals surface area contributed by atoms with E-state index in [1.165, 1.54) is 23.9 Å². The number of hydrogen-bond donors (Lipinski definition) is 1. The zero-order valence-corrected chi connectivity index (χ0v) is 16.8. The Kier molecular flexibility index (Phi) is 4.79. The maximum atomic E-state index is 11.8. The molecule has 0 saturated heterocycles. The van der Waals surface area contributed by atoms with Crippen molar-refractivity contribution in [1.29, 1.82) is 0 Å². The van der Waals surface area contributed by atoms with Crippen LogP contribution in [0.25, 0.3) is 0 Å². The highest BCUT2D eigenvalue weighted by atomic mass is 32.2. The number of ether oxygens (including phenoxy) is 6. The smallest absolute Gasteiger partial charge is 0.343 e. The molecule has 2 aliphatic rings. The number of nitrogens with zero attached hydrogens (tertiary/aromatic N) is 2. The lowest BCUT2D eigenvalue weighted by atomic mass is 10.1. The summed E-state index contributed by atoms with van der Waals surface area (Å²) >= 11 is 1.28. The molecule has 10 nitrogen and oxygen atoms in total. The zero-order valence-electron chi connectivity index (χ0n) is 16.0. The van der Waals surface area contributed by atoms with Crippen LogP contribution in [0.4, 0.5) is 0 Å². The van der Waals surface area contributed by atoms with Crippen LogP contribution in [0.15, 0.2) is 41.6 Å². The number of hydrogen-bond acceptors (Lipinski definition) is 10. The Bertz CT molecular complexity index is 1190. The lowest BCUT2D eigenvalue weighted by molar-refractivity contribution is 0.0689. The lowest BCUT2D eigenvalue weighted by Crippen LogP contribution is -2.04. The van der Waals surface area contributed by atoms with Crippen LogP contribution in [-0.4, -0.2) is 40.9 Å². The summed E-state index contributed by atoms with van der Waals surface area (Å²) in [6.07, 6.45) is 1.80. The summed E-state index contributed by atoms with van der Waals surface area (Å²) in [5.41, 5.74) is -0.155. The van der Waals surface area contributed by atoms with Crippen molar-refractivity contribution in [1.82, 2.24) is 9.97 Å². The van der Waals surface area contributed by atoms with E-state index >= 15 is 0 Å². The van der Waals surface area contributed by atoms with E-state index in [4.69, 9.17) is 28.4 Å². The predicted octanol–water partition coefficient (Wildman–Crippen LogP) is 3.94. The number of fused-ring (bicyclic) bond motifs is 2. The molecule has 31 heavy (non-hydrogen) atoms. The summed E-state index contributed by atoms with van der Waals surface area (Å²) in [7, 11) is 0. The Morgan fingerprint density at radius 3 is 2.45 bits per heavy atom. The van der Waals surface area contributed by atoms with Crippen LogP contribution in [0.1, 0.15) is 10.4 Å². The van der Waals surface area contributed by atoms with Crippen LogP contribution in [0.3, 0.4) is 0 Å². The van der Waals surface area contributed by atoms with Crippen LogP contribution in [0, 0.1) is 0 Å². The van der Waals surface area contributed by atoms with Crippen molar-refractivity contribution in [3.05, 3.63) is 42.0 Å². The lowest BCUT2D eigenvalue weighted by Gasteiger charge is -2.12. The van der Waals surface area contributed by atoms with Crippen molar-refractivity contribution < 1.29 is 38.3 Å². The molecule has 0 atom stereocenters. The minimum absolute atomic E-state index is 0.0523. The van der Waals surface area contributed by atoms with Crippen LogP contribution in [-0.2, 0) is 0 Å². The number of carboxylic acid groups (broad SMARTS) is 1. The van der Waals surface area contributed by atoms with E-state index in [1.54, 1.807) is 30.5 Å². The van der Waals surface area contributed by atoms with E-state index < -0.39 is 5.97 Å². The van der Waals surface area contributed by atoms with Crippen molar-refractivity contribution in [2.45, 2.75) is 5.16 Å². The molecule has 0 aliphatic carbocycles. The normalized spacial score (nSPS) is 13.2. The first-order valence-electron chi connectivity index (χ1n) is 8.95. The van der Waals surface area contributed by atoms with Gasteiger partial charge in [0.1, 0.15) is 17.1 Å². The third-order valence-corrected chi connectivity index (χ3v) is 4.88. The second-order valence-corrected chi connectivity index (χ2v) is 7.00. The third kappa shape index (κ3) is 3.70. The second-order valence-electron chi connectivity index (χ2n) is 6.23. The topological polar surface area (TPSA) is 118 Å². The first-order chi connectivity index (χ1) is 15.1. The number of thioether (sulfide) groups is 1. The molecular weight excluding hydrogens is 428 g/mol.